The van der Waals surface area contributed by atoms with E-state index < -0.39 is 5.97 Å². The quantitative estimate of drug-likeness (QED) is 0.304. The molecule has 1 heterocycles. The van der Waals surface area contributed by atoms with E-state index in [2.05, 4.69) is 10.3 Å². The Morgan fingerprint density at radius 2 is 1.68 bits per heavy atom. The van der Waals surface area contributed by atoms with Crippen molar-refractivity contribution in [3.05, 3.63) is 114 Å². The second-order valence-corrected chi connectivity index (χ2v) is 7.88. The van der Waals surface area contributed by atoms with E-state index in [9.17, 15) is 9.59 Å². The summed E-state index contributed by atoms with van der Waals surface area (Å²) >= 11 is 0. The van der Waals surface area contributed by atoms with Crippen LogP contribution in [0.4, 0.5) is 5.69 Å². The Hall–Kier alpha value is -4.29. The van der Waals surface area contributed by atoms with Crippen LogP contribution in [0.25, 0.3) is 11.1 Å². The number of carbonyl (C=O) groups is 2. The molecule has 0 aliphatic carbocycles. The van der Waals surface area contributed by atoms with Gasteiger partial charge in [0.2, 0.25) is 0 Å². The molecule has 0 saturated carbocycles. The smallest absolute Gasteiger partial charge is 0.343 e. The van der Waals surface area contributed by atoms with Crippen LogP contribution < -0.4 is 15.8 Å². The molecule has 34 heavy (non-hydrogen) atoms. The molecular formula is C28H25N3O3. The SMILES string of the molecule is Cc1ccc(OC(=O)c2cccc(-c3cc(C(=O)Nc4ccncc4)ccc3CCN)c2)cc1. The van der Waals surface area contributed by atoms with Gasteiger partial charge in [-0.25, -0.2) is 4.79 Å². The number of ether oxygens (including phenoxy) is 1. The van der Waals surface area contributed by atoms with Crippen LogP contribution in [0.5, 0.6) is 5.75 Å². The van der Waals surface area contributed by atoms with Crippen LogP contribution in [0.2, 0.25) is 0 Å². The van der Waals surface area contributed by atoms with Crippen molar-refractivity contribution in [2.24, 2.45) is 5.73 Å². The summed E-state index contributed by atoms with van der Waals surface area (Å²) in [5.74, 6) is -0.195. The molecule has 0 aliphatic heterocycles. The van der Waals surface area contributed by atoms with E-state index in [-0.39, 0.29) is 5.91 Å². The minimum atomic E-state index is -0.447. The summed E-state index contributed by atoms with van der Waals surface area (Å²) in [5.41, 5.74) is 11.1. The highest BCUT2D eigenvalue weighted by molar-refractivity contribution is 6.05. The zero-order valence-corrected chi connectivity index (χ0v) is 18.8. The average molecular weight is 452 g/mol. The molecule has 170 valence electrons. The van der Waals surface area contributed by atoms with Gasteiger partial charge >= 0.3 is 5.97 Å². The summed E-state index contributed by atoms with van der Waals surface area (Å²) in [6.45, 7) is 2.43. The molecule has 3 N–H and O–H groups in total. The Kier molecular flexibility index (Phi) is 7.10. The first-order chi connectivity index (χ1) is 16.5. The van der Waals surface area contributed by atoms with E-state index in [4.69, 9.17) is 10.5 Å². The Labute approximate surface area is 198 Å². The van der Waals surface area contributed by atoms with Crippen LogP contribution in [0.1, 0.15) is 31.8 Å². The molecule has 0 atom stereocenters. The third-order valence-corrected chi connectivity index (χ3v) is 5.36. The number of hydrogen-bond acceptors (Lipinski definition) is 5. The lowest BCUT2D eigenvalue weighted by Crippen LogP contribution is -2.13. The van der Waals surface area contributed by atoms with Crippen molar-refractivity contribution in [1.82, 2.24) is 4.98 Å². The number of aromatic nitrogens is 1. The molecule has 0 fully saturated rings. The summed E-state index contributed by atoms with van der Waals surface area (Å²) in [4.78, 5) is 29.6. The highest BCUT2D eigenvalue weighted by Crippen LogP contribution is 2.27. The van der Waals surface area contributed by atoms with Crippen molar-refractivity contribution >= 4 is 17.6 Å². The topological polar surface area (TPSA) is 94.3 Å². The van der Waals surface area contributed by atoms with Gasteiger partial charge in [-0.05, 0) is 85.1 Å². The third-order valence-electron chi connectivity index (χ3n) is 5.36. The number of rotatable bonds is 7. The van der Waals surface area contributed by atoms with Crippen LogP contribution in [0, 0.1) is 6.92 Å². The van der Waals surface area contributed by atoms with Gasteiger partial charge in [0.25, 0.3) is 5.91 Å². The minimum Gasteiger partial charge on any atom is -0.423 e. The zero-order chi connectivity index (χ0) is 23.9. The molecule has 4 aromatic rings. The molecule has 0 unspecified atom stereocenters. The summed E-state index contributed by atoms with van der Waals surface area (Å²) in [6, 6.07) is 23.5. The first-order valence-corrected chi connectivity index (χ1v) is 11.0. The fourth-order valence-corrected chi connectivity index (χ4v) is 3.58. The average Bonchev–Trinajstić information content (AvgIpc) is 2.86. The summed E-state index contributed by atoms with van der Waals surface area (Å²) in [6.07, 6.45) is 3.87. The van der Waals surface area contributed by atoms with Crippen molar-refractivity contribution in [1.29, 1.82) is 0 Å². The summed E-state index contributed by atoms with van der Waals surface area (Å²) in [7, 11) is 0. The summed E-state index contributed by atoms with van der Waals surface area (Å²) < 4.78 is 5.52. The highest BCUT2D eigenvalue weighted by atomic mass is 16.5. The molecule has 3 aromatic carbocycles. The molecule has 4 rings (SSSR count). The van der Waals surface area contributed by atoms with Crippen LogP contribution >= 0.6 is 0 Å². The Balaban J connectivity index is 1.63. The molecule has 0 aliphatic rings. The van der Waals surface area contributed by atoms with Crippen molar-refractivity contribution in [2.45, 2.75) is 13.3 Å². The maximum absolute atomic E-state index is 12.8. The normalized spacial score (nSPS) is 10.5. The number of anilines is 1. The Morgan fingerprint density at radius 1 is 0.912 bits per heavy atom. The number of aryl methyl sites for hydroxylation is 1. The van der Waals surface area contributed by atoms with Gasteiger partial charge < -0.3 is 15.8 Å². The first-order valence-electron chi connectivity index (χ1n) is 11.0. The fraction of sp³-hybridized carbons (Fsp3) is 0.107. The van der Waals surface area contributed by atoms with Crippen LogP contribution in [-0.2, 0) is 6.42 Å². The lowest BCUT2D eigenvalue weighted by Gasteiger charge is -2.13. The molecule has 0 radical (unpaired) electrons. The van der Waals surface area contributed by atoms with Gasteiger partial charge in [-0.15, -0.1) is 0 Å². The molecule has 1 amide bonds. The lowest BCUT2D eigenvalue weighted by atomic mass is 9.94. The molecule has 0 saturated heterocycles. The Bertz CT molecular complexity index is 1300. The maximum atomic E-state index is 12.8. The number of nitrogens with zero attached hydrogens (tertiary/aromatic N) is 1. The van der Waals surface area contributed by atoms with Gasteiger partial charge in [-0.2, -0.15) is 0 Å². The number of esters is 1. The van der Waals surface area contributed by atoms with Crippen molar-refractivity contribution < 1.29 is 14.3 Å². The monoisotopic (exact) mass is 451 g/mol. The number of nitrogens with one attached hydrogen (secondary N) is 1. The lowest BCUT2D eigenvalue weighted by molar-refractivity contribution is 0.0734. The van der Waals surface area contributed by atoms with Crippen LogP contribution in [-0.4, -0.2) is 23.4 Å². The number of carbonyl (C=O) groups excluding carboxylic acids is 2. The second kappa shape index (κ2) is 10.6. The third kappa shape index (κ3) is 5.54. The van der Waals surface area contributed by atoms with Gasteiger partial charge in [0.15, 0.2) is 0 Å². The van der Waals surface area contributed by atoms with Gasteiger partial charge in [-0.1, -0.05) is 35.9 Å². The van der Waals surface area contributed by atoms with Crippen LogP contribution in [0.3, 0.4) is 0 Å². The van der Waals surface area contributed by atoms with Gasteiger partial charge in [-0.3, -0.25) is 9.78 Å². The molecule has 6 nitrogen and oxygen atoms in total. The van der Waals surface area contributed by atoms with Crippen molar-refractivity contribution in [3.8, 4) is 16.9 Å². The zero-order valence-electron chi connectivity index (χ0n) is 18.8. The van der Waals surface area contributed by atoms with E-state index >= 15 is 0 Å². The molecular weight excluding hydrogens is 426 g/mol. The number of benzene rings is 3. The standard InChI is InChI=1S/C28H25N3O3/c1-19-5-9-25(10-6-19)34-28(33)23-4-2-3-21(17-23)26-18-22(8-7-20(26)11-14-29)27(32)31-24-12-15-30-16-13-24/h2-10,12-13,15-18H,11,14,29H2,1H3,(H,30,31,32). The van der Waals surface area contributed by atoms with Crippen molar-refractivity contribution in [3.63, 3.8) is 0 Å². The molecule has 0 bridgehead atoms. The number of amides is 1. The van der Waals surface area contributed by atoms with E-state index in [1.807, 2.05) is 37.3 Å². The van der Waals surface area contributed by atoms with E-state index in [1.165, 1.54) is 0 Å². The predicted octanol–water partition coefficient (Wildman–Crippen LogP) is 5.03. The summed E-state index contributed by atoms with van der Waals surface area (Å²) in [5, 5.41) is 2.87. The van der Waals surface area contributed by atoms with E-state index in [0.29, 0.717) is 35.5 Å². The maximum Gasteiger partial charge on any atom is 0.343 e. The Morgan fingerprint density at radius 3 is 2.41 bits per heavy atom. The largest absolute Gasteiger partial charge is 0.423 e. The number of hydrogen-bond donors (Lipinski definition) is 2. The first kappa shape index (κ1) is 22.9. The molecule has 6 heteroatoms. The fourth-order valence-electron chi connectivity index (χ4n) is 3.58. The van der Waals surface area contributed by atoms with E-state index in [0.717, 1.165) is 22.3 Å². The van der Waals surface area contributed by atoms with Gasteiger partial charge in [0.05, 0.1) is 5.56 Å². The highest BCUT2D eigenvalue weighted by Gasteiger charge is 2.14. The van der Waals surface area contributed by atoms with Crippen molar-refractivity contribution in [2.75, 3.05) is 11.9 Å². The predicted molar refractivity (Wildman–Crippen MR) is 133 cm³/mol. The van der Waals surface area contributed by atoms with Crippen LogP contribution in [0.15, 0.2) is 91.3 Å². The second-order valence-electron chi connectivity index (χ2n) is 7.88. The van der Waals surface area contributed by atoms with E-state index in [1.54, 1.807) is 60.9 Å². The minimum absolute atomic E-state index is 0.235. The van der Waals surface area contributed by atoms with Gasteiger partial charge in [0.1, 0.15) is 5.75 Å². The number of nitrogens with two attached hydrogens (primary N) is 1. The molecule has 1 aromatic heterocycles. The number of pyridine rings is 1. The van der Waals surface area contributed by atoms with Gasteiger partial charge in [0, 0.05) is 23.6 Å². The molecule has 0 spiro atoms.